The van der Waals surface area contributed by atoms with Gasteiger partial charge in [0.25, 0.3) is 0 Å². The van der Waals surface area contributed by atoms with Gasteiger partial charge in [0.1, 0.15) is 5.82 Å². The standard InChI is InChI=1S/C24H29N5O3S2/c1-3-11-29-22-10-9-18(34(30,31)27-12-14-32-15-13-27)16-20(22)25-23(29)17-33-24-26-19-7-5-6-8-21(19)28(24)4-2/h5-10,16H,3-4,11-15,17H2,1-2H3. The summed E-state index contributed by atoms with van der Waals surface area (Å²) < 4.78 is 37.5. The second-order valence-electron chi connectivity index (χ2n) is 8.26. The molecular weight excluding hydrogens is 470 g/mol. The number of benzene rings is 2. The van der Waals surface area contributed by atoms with Crippen LogP contribution in [0.5, 0.6) is 0 Å². The summed E-state index contributed by atoms with van der Waals surface area (Å²) >= 11 is 1.67. The lowest BCUT2D eigenvalue weighted by Gasteiger charge is -2.26. The highest BCUT2D eigenvalue weighted by atomic mass is 32.2. The van der Waals surface area contributed by atoms with Crippen molar-refractivity contribution in [2.24, 2.45) is 0 Å². The third-order valence-electron chi connectivity index (χ3n) is 6.12. The Morgan fingerprint density at radius 1 is 0.971 bits per heavy atom. The number of imidazole rings is 2. The Hall–Kier alpha value is -2.40. The van der Waals surface area contributed by atoms with E-state index in [0.29, 0.717) is 37.6 Å². The molecule has 0 N–H and O–H groups in total. The zero-order valence-electron chi connectivity index (χ0n) is 19.5. The summed E-state index contributed by atoms with van der Waals surface area (Å²) in [6, 6.07) is 13.5. The fourth-order valence-corrected chi connectivity index (χ4v) is 6.89. The molecule has 2 aromatic carbocycles. The van der Waals surface area contributed by atoms with Gasteiger partial charge in [0, 0.05) is 26.2 Å². The second kappa shape index (κ2) is 9.69. The molecule has 2 aromatic heterocycles. The van der Waals surface area contributed by atoms with Crippen molar-refractivity contribution in [3.05, 3.63) is 48.3 Å². The predicted molar refractivity (Wildman–Crippen MR) is 135 cm³/mol. The minimum Gasteiger partial charge on any atom is -0.379 e. The van der Waals surface area contributed by atoms with Crippen molar-refractivity contribution < 1.29 is 13.2 Å². The van der Waals surface area contributed by atoms with Gasteiger partial charge in [0.15, 0.2) is 5.16 Å². The van der Waals surface area contributed by atoms with E-state index in [0.717, 1.165) is 47.0 Å². The van der Waals surface area contributed by atoms with Gasteiger partial charge in [-0.15, -0.1) is 0 Å². The van der Waals surface area contributed by atoms with Crippen LogP contribution < -0.4 is 0 Å². The van der Waals surface area contributed by atoms with Crippen LogP contribution in [0.3, 0.4) is 0 Å². The van der Waals surface area contributed by atoms with Gasteiger partial charge < -0.3 is 13.9 Å². The lowest BCUT2D eigenvalue weighted by atomic mass is 10.3. The maximum Gasteiger partial charge on any atom is 0.243 e. The van der Waals surface area contributed by atoms with Crippen LogP contribution in [0.25, 0.3) is 22.1 Å². The first-order valence-corrected chi connectivity index (χ1v) is 14.1. The largest absolute Gasteiger partial charge is 0.379 e. The normalized spacial score (nSPS) is 15.5. The van der Waals surface area contributed by atoms with Gasteiger partial charge in [-0.2, -0.15) is 4.31 Å². The van der Waals surface area contributed by atoms with Gasteiger partial charge in [-0.1, -0.05) is 30.8 Å². The van der Waals surface area contributed by atoms with Crippen LogP contribution in [-0.4, -0.2) is 58.1 Å². The number of thioether (sulfide) groups is 1. The number of hydrogen-bond donors (Lipinski definition) is 0. The molecule has 0 aliphatic carbocycles. The highest BCUT2D eigenvalue weighted by Gasteiger charge is 2.27. The fourth-order valence-electron chi connectivity index (χ4n) is 4.44. The Labute approximate surface area is 204 Å². The third-order valence-corrected chi connectivity index (χ3v) is 8.99. The van der Waals surface area contributed by atoms with Crippen LogP contribution in [0.15, 0.2) is 52.5 Å². The van der Waals surface area contributed by atoms with Gasteiger partial charge in [-0.3, -0.25) is 0 Å². The molecule has 1 aliphatic heterocycles. The number of aryl methyl sites for hydroxylation is 2. The van der Waals surface area contributed by atoms with Crippen LogP contribution in [-0.2, 0) is 33.6 Å². The van der Waals surface area contributed by atoms with Crippen LogP contribution >= 0.6 is 11.8 Å². The average Bonchev–Trinajstić information content (AvgIpc) is 3.40. The average molecular weight is 500 g/mol. The summed E-state index contributed by atoms with van der Waals surface area (Å²) in [5, 5.41) is 0.967. The van der Waals surface area contributed by atoms with Crippen molar-refractivity contribution in [1.82, 2.24) is 23.4 Å². The molecule has 0 atom stereocenters. The fraction of sp³-hybridized carbons (Fsp3) is 0.417. The van der Waals surface area contributed by atoms with E-state index in [4.69, 9.17) is 14.7 Å². The number of sulfonamides is 1. The third kappa shape index (κ3) is 4.24. The Morgan fingerprint density at radius 3 is 2.50 bits per heavy atom. The number of nitrogens with zero attached hydrogens (tertiary/aromatic N) is 5. The minimum atomic E-state index is -3.56. The molecule has 1 aliphatic rings. The number of aromatic nitrogens is 4. The molecule has 3 heterocycles. The smallest absolute Gasteiger partial charge is 0.243 e. The maximum atomic E-state index is 13.1. The predicted octanol–water partition coefficient (Wildman–Crippen LogP) is 4.13. The van der Waals surface area contributed by atoms with Crippen molar-refractivity contribution in [3.63, 3.8) is 0 Å². The van der Waals surface area contributed by atoms with E-state index in [2.05, 4.69) is 29.0 Å². The molecule has 0 bridgehead atoms. The Morgan fingerprint density at radius 2 is 1.74 bits per heavy atom. The van der Waals surface area contributed by atoms with E-state index >= 15 is 0 Å². The van der Waals surface area contributed by atoms with Gasteiger partial charge in [0.05, 0.1) is 45.9 Å². The topological polar surface area (TPSA) is 82.2 Å². The summed E-state index contributed by atoms with van der Waals surface area (Å²) in [7, 11) is -3.56. The monoisotopic (exact) mass is 499 g/mol. The zero-order chi connectivity index (χ0) is 23.7. The molecule has 0 amide bonds. The Balaban J connectivity index is 1.47. The highest BCUT2D eigenvalue weighted by Crippen LogP contribution is 2.29. The van der Waals surface area contributed by atoms with Crippen LogP contribution in [0.2, 0.25) is 0 Å². The molecule has 1 fully saturated rings. The number of para-hydroxylation sites is 2. The SMILES string of the molecule is CCCn1c(CSc2nc3ccccc3n2CC)nc2cc(S(=O)(=O)N3CCOCC3)ccc21. The number of rotatable bonds is 8. The summed E-state index contributed by atoms with van der Waals surface area (Å²) in [5.74, 6) is 1.58. The number of morpholine rings is 1. The first-order valence-electron chi connectivity index (χ1n) is 11.7. The molecule has 8 nitrogen and oxygen atoms in total. The van der Waals surface area contributed by atoms with E-state index in [1.54, 1.807) is 23.9 Å². The van der Waals surface area contributed by atoms with E-state index in [-0.39, 0.29) is 4.90 Å². The number of hydrogen-bond acceptors (Lipinski definition) is 6. The van der Waals surface area contributed by atoms with E-state index in [9.17, 15) is 8.42 Å². The Bertz CT molecular complexity index is 1420. The molecule has 0 radical (unpaired) electrons. The zero-order valence-corrected chi connectivity index (χ0v) is 21.1. The quantitative estimate of drug-likeness (QED) is 0.339. The lowest BCUT2D eigenvalue weighted by Crippen LogP contribution is -2.40. The molecule has 5 rings (SSSR count). The lowest BCUT2D eigenvalue weighted by molar-refractivity contribution is 0.0730. The van der Waals surface area contributed by atoms with E-state index < -0.39 is 10.0 Å². The van der Waals surface area contributed by atoms with Crippen molar-refractivity contribution in [2.45, 2.75) is 49.2 Å². The van der Waals surface area contributed by atoms with Crippen molar-refractivity contribution >= 4 is 43.9 Å². The summed E-state index contributed by atoms with van der Waals surface area (Å²) in [5.41, 5.74) is 3.80. The highest BCUT2D eigenvalue weighted by molar-refractivity contribution is 7.98. The van der Waals surface area contributed by atoms with Gasteiger partial charge in [-0.25, -0.2) is 18.4 Å². The number of ether oxygens (including phenoxy) is 1. The summed E-state index contributed by atoms with van der Waals surface area (Å²) in [4.78, 5) is 9.98. The van der Waals surface area contributed by atoms with Crippen molar-refractivity contribution in [2.75, 3.05) is 26.3 Å². The maximum absolute atomic E-state index is 13.1. The van der Waals surface area contributed by atoms with Crippen LogP contribution in [0, 0.1) is 0 Å². The molecule has 4 aromatic rings. The molecule has 0 unspecified atom stereocenters. The first-order chi connectivity index (χ1) is 16.5. The van der Waals surface area contributed by atoms with Crippen LogP contribution in [0.4, 0.5) is 0 Å². The van der Waals surface area contributed by atoms with Gasteiger partial charge in [-0.05, 0) is 43.7 Å². The summed E-state index contributed by atoms with van der Waals surface area (Å²) in [6.45, 7) is 7.55. The molecule has 0 spiro atoms. The molecule has 10 heteroatoms. The molecule has 34 heavy (non-hydrogen) atoms. The molecular formula is C24H29N5O3S2. The van der Waals surface area contributed by atoms with E-state index in [1.165, 1.54) is 4.31 Å². The second-order valence-corrected chi connectivity index (χ2v) is 11.1. The first kappa shape index (κ1) is 23.3. The minimum absolute atomic E-state index is 0.287. The molecule has 1 saturated heterocycles. The van der Waals surface area contributed by atoms with E-state index in [1.807, 2.05) is 24.3 Å². The molecule has 0 saturated carbocycles. The van der Waals surface area contributed by atoms with Gasteiger partial charge >= 0.3 is 0 Å². The van der Waals surface area contributed by atoms with Crippen LogP contribution in [0.1, 0.15) is 26.1 Å². The Kier molecular flexibility index (Phi) is 6.65. The summed E-state index contributed by atoms with van der Waals surface area (Å²) in [6.07, 6.45) is 0.963. The molecule has 180 valence electrons. The number of fused-ring (bicyclic) bond motifs is 2. The van der Waals surface area contributed by atoms with Gasteiger partial charge in [0.2, 0.25) is 10.0 Å². The van der Waals surface area contributed by atoms with Crippen molar-refractivity contribution in [1.29, 1.82) is 0 Å². The van der Waals surface area contributed by atoms with Crippen molar-refractivity contribution in [3.8, 4) is 0 Å².